The van der Waals surface area contributed by atoms with Crippen molar-refractivity contribution in [1.82, 2.24) is 4.98 Å². The van der Waals surface area contributed by atoms with E-state index in [1.54, 1.807) is 6.20 Å². The van der Waals surface area contributed by atoms with Gasteiger partial charge in [-0.15, -0.1) is 0 Å². The monoisotopic (exact) mass is 245 g/mol. The summed E-state index contributed by atoms with van der Waals surface area (Å²) in [6, 6.07) is 5.33. The average Bonchev–Trinajstić information content (AvgIpc) is 2.30. The molecule has 0 N–H and O–H groups in total. The maximum Gasteiger partial charge on any atom is 0.126 e. The Labute approximate surface area is 105 Å². The van der Waals surface area contributed by atoms with E-state index in [4.69, 9.17) is 0 Å². The average molecular weight is 245 g/mol. The predicted octanol–water partition coefficient (Wildman–Crippen LogP) is 4.37. The molecule has 0 amide bonds. The van der Waals surface area contributed by atoms with E-state index in [1.807, 2.05) is 32.1 Å². The highest BCUT2D eigenvalue weighted by Crippen LogP contribution is 2.23. The van der Waals surface area contributed by atoms with Crippen LogP contribution >= 0.6 is 0 Å². The van der Waals surface area contributed by atoms with Crippen LogP contribution in [0.5, 0.6) is 0 Å². The summed E-state index contributed by atoms with van der Waals surface area (Å²) in [7, 11) is 0. The van der Waals surface area contributed by atoms with Crippen molar-refractivity contribution in [2.45, 2.75) is 13.8 Å². The smallest absolute Gasteiger partial charge is 0.126 e. The molecule has 0 aliphatic carbocycles. The van der Waals surface area contributed by atoms with Crippen molar-refractivity contribution in [1.29, 1.82) is 0 Å². The second-order valence-corrected chi connectivity index (χ2v) is 4.08. The molecule has 1 heterocycles. The Morgan fingerprint density at radius 3 is 2.22 bits per heavy atom. The van der Waals surface area contributed by atoms with E-state index in [2.05, 4.69) is 4.98 Å². The minimum Gasteiger partial charge on any atom is -0.256 e. The molecule has 0 spiro atoms. The van der Waals surface area contributed by atoms with Crippen molar-refractivity contribution in [3.8, 4) is 11.1 Å². The summed E-state index contributed by atoms with van der Waals surface area (Å²) < 4.78 is 26.3. The van der Waals surface area contributed by atoms with Gasteiger partial charge in [0.1, 0.15) is 11.6 Å². The second-order valence-electron chi connectivity index (χ2n) is 4.08. The van der Waals surface area contributed by atoms with Gasteiger partial charge in [0, 0.05) is 17.8 Å². The molecule has 0 fully saturated rings. The van der Waals surface area contributed by atoms with Crippen molar-refractivity contribution in [3.63, 3.8) is 0 Å². The van der Waals surface area contributed by atoms with Gasteiger partial charge in [0.15, 0.2) is 0 Å². The van der Waals surface area contributed by atoms with Crippen LogP contribution in [0.25, 0.3) is 17.2 Å². The summed E-state index contributed by atoms with van der Waals surface area (Å²) in [5, 5.41) is 0. The fraction of sp³-hybridized carbons (Fsp3) is 0.133. The van der Waals surface area contributed by atoms with E-state index in [0.29, 0.717) is 11.1 Å². The number of halogens is 2. The molecule has 0 aliphatic rings. The molecule has 0 saturated heterocycles. The largest absolute Gasteiger partial charge is 0.256 e. The zero-order valence-electron chi connectivity index (χ0n) is 10.2. The zero-order valence-corrected chi connectivity index (χ0v) is 10.2. The molecule has 3 heteroatoms. The first-order chi connectivity index (χ1) is 8.60. The minimum absolute atomic E-state index is 0.495. The van der Waals surface area contributed by atoms with Gasteiger partial charge >= 0.3 is 0 Å². The number of pyridine rings is 1. The van der Waals surface area contributed by atoms with Crippen molar-refractivity contribution in [2.75, 3.05) is 0 Å². The Balaban J connectivity index is 2.48. The van der Waals surface area contributed by atoms with Crippen molar-refractivity contribution >= 4 is 6.08 Å². The van der Waals surface area contributed by atoms with Crippen LogP contribution in [0, 0.1) is 18.6 Å². The normalized spacial score (nSPS) is 11.1. The number of hydrogen-bond donors (Lipinski definition) is 0. The molecular formula is C15H13F2N. The fourth-order valence-electron chi connectivity index (χ4n) is 1.80. The third kappa shape index (κ3) is 2.62. The van der Waals surface area contributed by atoms with Gasteiger partial charge in [-0.25, -0.2) is 8.78 Å². The highest BCUT2D eigenvalue weighted by molar-refractivity contribution is 5.65. The van der Waals surface area contributed by atoms with E-state index < -0.39 is 11.6 Å². The van der Waals surface area contributed by atoms with Crippen LogP contribution in [0.4, 0.5) is 8.78 Å². The van der Waals surface area contributed by atoms with Crippen LogP contribution in [-0.4, -0.2) is 4.98 Å². The highest BCUT2D eigenvalue weighted by atomic mass is 19.1. The first-order valence-corrected chi connectivity index (χ1v) is 5.66. The summed E-state index contributed by atoms with van der Waals surface area (Å²) >= 11 is 0. The minimum atomic E-state index is -0.583. The first-order valence-electron chi connectivity index (χ1n) is 5.66. The number of aryl methyl sites for hydroxylation is 1. The molecule has 0 unspecified atom stereocenters. The molecule has 1 nitrogen and oxygen atoms in total. The number of benzene rings is 1. The van der Waals surface area contributed by atoms with Gasteiger partial charge in [0.05, 0.1) is 5.69 Å². The van der Waals surface area contributed by atoms with E-state index in [0.717, 1.165) is 17.3 Å². The fourth-order valence-corrected chi connectivity index (χ4v) is 1.80. The van der Waals surface area contributed by atoms with Gasteiger partial charge in [-0.05, 0) is 49.2 Å². The third-order valence-corrected chi connectivity index (χ3v) is 2.64. The molecule has 0 bridgehead atoms. The van der Waals surface area contributed by atoms with E-state index >= 15 is 0 Å². The highest BCUT2D eigenvalue weighted by Gasteiger charge is 2.05. The molecule has 2 aromatic rings. The van der Waals surface area contributed by atoms with Crippen LogP contribution in [0.15, 0.2) is 36.5 Å². The van der Waals surface area contributed by atoms with Crippen molar-refractivity contribution < 1.29 is 8.78 Å². The van der Waals surface area contributed by atoms with Gasteiger partial charge in [0.25, 0.3) is 0 Å². The van der Waals surface area contributed by atoms with E-state index in [1.165, 1.54) is 12.1 Å². The number of rotatable bonds is 2. The topological polar surface area (TPSA) is 12.9 Å². The molecule has 1 aromatic carbocycles. The summed E-state index contributed by atoms with van der Waals surface area (Å²) in [5.41, 5.74) is 3.03. The Morgan fingerprint density at radius 1 is 1.00 bits per heavy atom. The molecule has 0 atom stereocenters. The summed E-state index contributed by atoms with van der Waals surface area (Å²) in [6.07, 6.45) is 5.42. The molecule has 1 aromatic heterocycles. The summed E-state index contributed by atoms with van der Waals surface area (Å²) in [5.74, 6) is -1.17. The Bertz CT molecular complexity index is 583. The number of nitrogens with zero attached hydrogens (tertiary/aromatic N) is 1. The standard InChI is InChI=1S/C15H13F2N/c1-3-4-15-10(2)5-12(9-18-15)11-6-13(16)8-14(17)7-11/h3-9H,1-2H3/b4-3-. The zero-order chi connectivity index (χ0) is 13.1. The van der Waals surface area contributed by atoms with Gasteiger partial charge in [0.2, 0.25) is 0 Å². The number of hydrogen-bond acceptors (Lipinski definition) is 1. The number of aromatic nitrogens is 1. The summed E-state index contributed by atoms with van der Waals surface area (Å²) in [4.78, 5) is 4.27. The maximum atomic E-state index is 13.1. The SMILES string of the molecule is C/C=C\c1ncc(-c2cc(F)cc(F)c2)cc1C. The molecule has 0 aliphatic heterocycles. The van der Waals surface area contributed by atoms with Crippen LogP contribution < -0.4 is 0 Å². The van der Waals surface area contributed by atoms with Gasteiger partial charge in [-0.2, -0.15) is 0 Å². The van der Waals surface area contributed by atoms with Crippen molar-refractivity contribution in [2.24, 2.45) is 0 Å². The van der Waals surface area contributed by atoms with Gasteiger partial charge < -0.3 is 0 Å². The Kier molecular flexibility index (Phi) is 3.51. The lowest BCUT2D eigenvalue weighted by Gasteiger charge is -2.05. The van der Waals surface area contributed by atoms with Crippen molar-refractivity contribution in [3.05, 3.63) is 59.4 Å². The predicted molar refractivity (Wildman–Crippen MR) is 69.0 cm³/mol. The van der Waals surface area contributed by atoms with Crippen LogP contribution in [-0.2, 0) is 0 Å². The molecule has 0 radical (unpaired) electrons. The van der Waals surface area contributed by atoms with Crippen LogP contribution in [0.2, 0.25) is 0 Å². The molecule has 92 valence electrons. The Morgan fingerprint density at radius 2 is 1.67 bits per heavy atom. The van der Waals surface area contributed by atoms with E-state index in [9.17, 15) is 8.78 Å². The second kappa shape index (κ2) is 5.08. The van der Waals surface area contributed by atoms with Crippen LogP contribution in [0.3, 0.4) is 0 Å². The Hall–Kier alpha value is -2.03. The first kappa shape index (κ1) is 12.4. The lowest BCUT2D eigenvalue weighted by atomic mass is 10.0. The van der Waals surface area contributed by atoms with Crippen LogP contribution in [0.1, 0.15) is 18.2 Å². The third-order valence-electron chi connectivity index (χ3n) is 2.64. The van der Waals surface area contributed by atoms with E-state index in [-0.39, 0.29) is 0 Å². The quantitative estimate of drug-likeness (QED) is 0.765. The van der Waals surface area contributed by atoms with Gasteiger partial charge in [-0.3, -0.25) is 4.98 Å². The number of allylic oxidation sites excluding steroid dienone is 1. The molecular weight excluding hydrogens is 232 g/mol. The molecule has 18 heavy (non-hydrogen) atoms. The lowest BCUT2D eigenvalue weighted by Crippen LogP contribution is -1.90. The molecule has 0 saturated carbocycles. The molecule has 2 rings (SSSR count). The maximum absolute atomic E-state index is 13.1. The summed E-state index contributed by atoms with van der Waals surface area (Å²) in [6.45, 7) is 3.83. The lowest BCUT2D eigenvalue weighted by molar-refractivity contribution is 0.584. The van der Waals surface area contributed by atoms with Gasteiger partial charge in [-0.1, -0.05) is 6.08 Å².